The number of hydrogen-bond acceptors (Lipinski definition) is 6. The fraction of sp³-hybridized carbons (Fsp3) is 0.0833. The molecule has 0 amide bonds. The van der Waals surface area contributed by atoms with E-state index in [0.717, 1.165) is 11.3 Å². The van der Waals surface area contributed by atoms with E-state index in [1.54, 1.807) is 18.5 Å². The van der Waals surface area contributed by atoms with E-state index in [1.165, 1.54) is 6.07 Å². The molecule has 1 aliphatic rings. The molecule has 4 aromatic rings. The number of halogens is 1. The van der Waals surface area contributed by atoms with Gasteiger partial charge in [0.2, 0.25) is 0 Å². The third-order valence-electron chi connectivity index (χ3n) is 5.56. The van der Waals surface area contributed by atoms with E-state index in [4.69, 9.17) is 16.6 Å². The van der Waals surface area contributed by atoms with Crippen LogP contribution in [0.3, 0.4) is 0 Å². The molecule has 0 saturated heterocycles. The van der Waals surface area contributed by atoms with Crippen LogP contribution in [0, 0.1) is 10.1 Å². The summed E-state index contributed by atoms with van der Waals surface area (Å²) in [6.07, 6.45) is 3.37. The highest BCUT2D eigenvalue weighted by molar-refractivity contribution is 6.36. The van der Waals surface area contributed by atoms with Crippen LogP contribution in [-0.4, -0.2) is 34.9 Å². The second-order valence-electron chi connectivity index (χ2n) is 7.79. The summed E-state index contributed by atoms with van der Waals surface area (Å²) in [7, 11) is 3.96. The summed E-state index contributed by atoms with van der Waals surface area (Å²) in [6, 6.07) is 16.8. The Kier molecular flexibility index (Phi) is 5.07. The Balaban J connectivity index is 1.77. The largest absolute Gasteiger partial charge is 0.378 e. The number of H-pyrrole nitrogens is 1. The van der Waals surface area contributed by atoms with Gasteiger partial charge in [0.1, 0.15) is 5.52 Å². The van der Waals surface area contributed by atoms with E-state index in [9.17, 15) is 10.1 Å². The van der Waals surface area contributed by atoms with E-state index in [0.29, 0.717) is 44.1 Å². The van der Waals surface area contributed by atoms with E-state index in [2.05, 4.69) is 15.5 Å². The van der Waals surface area contributed by atoms with Crippen molar-refractivity contribution in [2.24, 2.45) is 4.99 Å². The third-order valence-corrected chi connectivity index (χ3v) is 5.89. The van der Waals surface area contributed by atoms with Gasteiger partial charge in [0, 0.05) is 53.8 Å². The zero-order valence-corrected chi connectivity index (χ0v) is 18.6. The van der Waals surface area contributed by atoms with Crippen LogP contribution in [-0.2, 0) is 0 Å². The van der Waals surface area contributed by atoms with Crippen molar-refractivity contribution in [1.29, 1.82) is 0 Å². The normalized spacial score (nSPS) is 12.9. The first-order valence-electron chi connectivity index (χ1n) is 10.2. The van der Waals surface area contributed by atoms with Gasteiger partial charge in [-0.2, -0.15) is 5.10 Å². The first-order chi connectivity index (χ1) is 15.9. The lowest BCUT2D eigenvalue weighted by Gasteiger charge is -2.13. The second kappa shape index (κ2) is 8.07. The number of nitrogens with one attached hydrogen (secondary N) is 2. The predicted octanol–water partition coefficient (Wildman–Crippen LogP) is 5.45. The van der Waals surface area contributed by atoms with Crippen molar-refractivity contribution in [3.8, 4) is 0 Å². The summed E-state index contributed by atoms with van der Waals surface area (Å²) in [5, 5.41) is 23.0. The van der Waals surface area contributed by atoms with Gasteiger partial charge in [-0.25, -0.2) is 4.99 Å². The SMILES string of the molecule is CN(C)c1ccc(C2=CNc3c(cc([N+](=O)[O-])c4[nH]ncc34)C(c3ccccc3Cl)=N2)cc1. The van der Waals surface area contributed by atoms with Gasteiger partial charge in [-0.3, -0.25) is 15.2 Å². The predicted molar refractivity (Wildman–Crippen MR) is 132 cm³/mol. The van der Waals surface area contributed by atoms with E-state index < -0.39 is 4.92 Å². The minimum absolute atomic E-state index is 0.0819. The lowest BCUT2D eigenvalue weighted by Crippen LogP contribution is -2.08. The lowest BCUT2D eigenvalue weighted by atomic mass is 9.97. The summed E-state index contributed by atoms with van der Waals surface area (Å²) in [6.45, 7) is 0. The zero-order valence-electron chi connectivity index (χ0n) is 17.8. The Labute approximate surface area is 194 Å². The number of nitro benzene ring substituents is 1. The summed E-state index contributed by atoms with van der Waals surface area (Å²) in [5.74, 6) is 0. The highest BCUT2D eigenvalue weighted by Gasteiger charge is 2.26. The number of nitro groups is 1. The number of nitrogens with zero attached hydrogens (tertiary/aromatic N) is 4. The highest BCUT2D eigenvalue weighted by atomic mass is 35.5. The molecule has 0 fully saturated rings. The number of aromatic amines is 1. The van der Waals surface area contributed by atoms with E-state index in [-0.39, 0.29) is 5.69 Å². The van der Waals surface area contributed by atoms with Gasteiger partial charge in [-0.15, -0.1) is 0 Å². The Bertz CT molecular complexity index is 1450. The van der Waals surface area contributed by atoms with Crippen molar-refractivity contribution in [2.45, 2.75) is 0 Å². The van der Waals surface area contributed by atoms with Gasteiger partial charge < -0.3 is 10.2 Å². The molecule has 1 aliphatic heterocycles. The maximum Gasteiger partial charge on any atom is 0.295 e. The van der Waals surface area contributed by atoms with Crippen molar-refractivity contribution >= 4 is 51.0 Å². The molecule has 33 heavy (non-hydrogen) atoms. The number of benzene rings is 3. The molecule has 0 unspecified atom stereocenters. The van der Waals surface area contributed by atoms with Gasteiger partial charge in [-0.1, -0.05) is 41.9 Å². The maximum atomic E-state index is 11.8. The molecule has 0 bridgehead atoms. The summed E-state index contributed by atoms with van der Waals surface area (Å²) < 4.78 is 0. The van der Waals surface area contributed by atoms with Crippen molar-refractivity contribution in [3.05, 3.63) is 98.8 Å². The number of hydrogen-bond donors (Lipinski definition) is 2. The first-order valence-corrected chi connectivity index (χ1v) is 10.5. The molecule has 164 valence electrons. The van der Waals surface area contributed by atoms with Gasteiger partial charge in [0.15, 0.2) is 0 Å². The Morgan fingerprint density at radius 2 is 1.82 bits per heavy atom. The summed E-state index contributed by atoms with van der Waals surface area (Å²) in [5.41, 5.74) is 5.34. The zero-order chi connectivity index (χ0) is 23.1. The molecule has 2 heterocycles. The Hall–Kier alpha value is -4.17. The van der Waals surface area contributed by atoms with Crippen molar-refractivity contribution in [3.63, 3.8) is 0 Å². The Morgan fingerprint density at radius 3 is 2.52 bits per heavy atom. The topological polar surface area (TPSA) is 99.4 Å². The van der Waals surface area contributed by atoms with Crippen LogP contribution < -0.4 is 10.2 Å². The van der Waals surface area contributed by atoms with Crippen LogP contribution in [0.25, 0.3) is 16.6 Å². The fourth-order valence-electron chi connectivity index (χ4n) is 3.87. The second-order valence-corrected chi connectivity index (χ2v) is 8.20. The average molecular weight is 459 g/mol. The molecule has 0 aliphatic carbocycles. The van der Waals surface area contributed by atoms with Crippen LogP contribution in [0.4, 0.5) is 17.1 Å². The summed E-state index contributed by atoms with van der Waals surface area (Å²) in [4.78, 5) is 18.4. The molecule has 3 aromatic carbocycles. The van der Waals surface area contributed by atoms with Crippen molar-refractivity contribution in [2.75, 3.05) is 24.3 Å². The van der Waals surface area contributed by atoms with Gasteiger partial charge in [0.05, 0.1) is 33.6 Å². The quantitative estimate of drug-likeness (QED) is 0.313. The number of fused-ring (bicyclic) bond motifs is 3. The van der Waals surface area contributed by atoms with Crippen LogP contribution in [0.2, 0.25) is 5.02 Å². The third kappa shape index (κ3) is 3.60. The van der Waals surface area contributed by atoms with E-state index in [1.807, 2.05) is 61.5 Å². The minimum Gasteiger partial charge on any atom is -0.378 e. The Morgan fingerprint density at radius 1 is 1.06 bits per heavy atom. The number of rotatable bonds is 4. The molecular formula is C24H19ClN6O2. The molecule has 2 N–H and O–H groups in total. The molecule has 9 heteroatoms. The fourth-order valence-corrected chi connectivity index (χ4v) is 4.10. The molecule has 1 aromatic heterocycles. The molecule has 8 nitrogen and oxygen atoms in total. The molecule has 0 atom stereocenters. The summed E-state index contributed by atoms with van der Waals surface area (Å²) >= 11 is 6.55. The standard InChI is InChI=1S/C24H19ClN6O2/c1-30(2)15-9-7-14(8-10-15)20-13-26-22-17(23(28-20)16-5-3-4-6-19(16)25)11-21(31(32)33)24-18(22)12-27-29-24/h3-13,26H,1-2H3,(H,27,29). The molecule has 5 rings (SSSR count). The van der Waals surface area contributed by atoms with Crippen LogP contribution >= 0.6 is 11.6 Å². The number of anilines is 2. The van der Waals surface area contributed by atoms with Gasteiger partial charge >= 0.3 is 0 Å². The van der Waals surface area contributed by atoms with E-state index >= 15 is 0 Å². The van der Waals surface area contributed by atoms with Gasteiger partial charge in [0.25, 0.3) is 5.69 Å². The number of non-ortho nitro benzene ring substituents is 1. The van der Waals surface area contributed by atoms with Crippen molar-refractivity contribution in [1.82, 2.24) is 10.2 Å². The van der Waals surface area contributed by atoms with Crippen LogP contribution in [0.1, 0.15) is 16.7 Å². The van der Waals surface area contributed by atoms with Crippen LogP contribution in [0.5, 0.6) is 0 Å². The minimum atomic E-state index is -0.426. The molecule has 0 radical (unpaired) electrons. The van der Waals surface area contributed by atoms with Gasteiger partial charge in [-0.05, 0) is 18.2 Å². The molecular weight excluding hydrogens is 440 g/mol. The molecule has 0 saturated carbocycles. The van der Waals surface area contributed by atoms with Crippen molar-refractivity contribution < 1.29 is 4.92 Å². The molecule has 0 spiro atoms. The highest BCUT2D eigenvalue weighted by Crippen LogP contribution is 2.38. The van der Waals surface area contributed by atoms with Crippen LogP contribution in [0.15, 0.2) is 72.0 Å². The monoisotopic (exact) mass is 458 g/mol. The lowest BCUT2D eigenvalue weighted by molar-refractivity contribution is -0.383. The number of aliphatic imine (C=N–C) groups is 1. The first kappa shape index (κ1) is 20.7. The maximum absolute atomic E-state index is 11.8. The smallest absolute Gasteiger partial charge is 0.295 e. The average Bonchev–Trinajstić information content (AvgIpc) is 3.21. The number of aromatic nitrogens is 2.